The number of carbonyl (C=O) groups is 1. The van der Waals surface area contributed by atoms with Crippen molar-refractivity contribution in [2.75, 3.05) is 30.3 Å². The molecular formula is C29H43N5O4S2. The highest BCUT2D eigenvalue weighted by molar-refractivity contribution is 7.87. The molecule has 1 amide bonds. The van der Waals surface area contributed by atoms with Crippen molar-refractivity contribution >= 4 is 48.4 Å². The van der Waals surface area contributed by atoms with Crippen molar-refractivity contribution in [3.05, 3.63) is 42.5 Å². The Hall–Kier alpha value is -2.73. The Balaban J connectivity index is 1.54. The Kier molecular flexibility index (Phi) is 12.2. The minimum atomic E-state index is -4.01. The fourth-order valence-electron chi connectivity index (χ4n) is 4.51. The van der Waals surface area contributed by atoms with E-state index in [1.165, 1.54) is 23.5 Å². The average Bonchev–Trinajstić information content (AvgIpc) is 3.29. The van der Waals surface area contributed by atoms with Crippen molar-refractivity contribution in [2.45, 2.75) is 83.2 Å². The lowest BCUT2D eigenvalue weighted by atomic mass is 10.1. The Labute approximate surface area is 242 Å². The highest BCUT2D eigenvalue weighted by Crippen LogP contribution is 2.31. The number of rotatable bonds is 17. The molecule has 0 saturated heterocycles. The standard InChI is InChI=1S/C29H43N5O4S2/c1-21(2)34(22(3)4)19-18-31-23-11-14-25(15-12-23)40(36,37)38-24-13-16-26-27(20-24)39-29(32-26)33-28(35)10-8-6-5-7-9-17-30/h11-16,20-22,31H,5-10,17-19,30H2,1-4H3,(H,32,33,35). The first kappa shape index (κ1) is 31.8. The minimum absolute atomic E-state index is 0.0735. The Bertz CT molecular complexity index is 1320. The summed E-state index contributed by atoms with van der Waals surface area (Å²) in [5, 5.41) is 6.68. The zero-order chi connectivity index (χ0) is 29.1. The maximum atomic E-state index is 12.9. The first-order valence-electron chi connectivity index (χ1n) is 14.0. The van der Waals surface area contributed by atoms with Crippen LogP contribution in [0.3, 0.4) is 0 Å². The topological polar surface area (TPSA) is 127 Å². The van der Waals surface area contributed by atoms with E-state index < -0.39 is 10.1 Å². The zero-order valence-corrected chi connectivity index (χ0v) is 25.6. The van der Waals surface area contributed by atoms with Gasteiger partial charge in [-0.1, -0.05) is 30.6 Å². The smallest absolute Gasteiger partial charge is 0.339 e. The predicted molar refractivity (Wildman–Crippen MR) is 165 cm³/mol. The van der Waals surface area contributed by atoms with Crippen LogP contribution >= 0.6 is 11.3 Å². The Morgan fingerprint density at radius 2 is 1.68 bits per heavy atom. The van der Waals surface area contributed by atoms with Gasteiger partial charge in [-0.05, 0) is 83.5 Å². The number of hydrogen-bond donors (Lipinski definition) is 3. The van der Waals surface area contributed by atoms with Gasteiger partial charge in [0.1, 0.15) is 10.6 Å². The number of nitrogens with two attached hydrogens (primary N) is 1. The predicted octanol–water partition coefficient (Wildman–Crippen LogP) is 5.83. The van der Waals surface area contributed by atoms with Gasteiger partial charge in [-0.25, -0.2) is 4.98 Å². The molecule has 0 radical (unpaired) electrons. The fourth-order valence-corrected chi connectivity index (χ4v) is 6.34. The van der Waals surface area contributed by atoms with Gasteiger partial charge in [0.25, 0.3) is 0 Å². The van der Waals surface area contributed by atoms with Gasteiger partial charge in [-0.3, -0.25) is 9.69 Å². The molecule has 0 bridgehead atoms. The van der Waals surface area contributed by atoms with Crippen molar-refractivity contribution in [3.8, 4) is 5.75 Å². The van der Waals surface area contributed by atoms with Gasteiger partial charge >= 0.3 is 10.1 Å². The van der Waals surface area contributed by atoms with Crippen LogP contribution in [0.25, 0.3) is 10.2 Å². The van der Waals surface area contributed by atoms with Crippen LogP contribution in [0.4, 0.5) is 10.8 Å². The molecule has 0 fully saturated rings. The molecule has 0 aliphatic rings. The van der Waals surface area contributed by atoms with Crippen molar-refractivity contribution in [3.63, 3.8) is 0 Å². The number of hydrogen-bond acceptors (Lipinski definition) is 9. The van der Waals surface area contributed by atoms with Gasteiger partial charge < -0.3 is 20.6 Å². The van der Waals surface area contributed by atoms with Crippen LogP contribution < -0.4 is 20.6 Å². The van der Waals surface area contributed by atoms with Gasteiger partial charge in [0.2, 0.25) is 5.91 Å². The summed E-state index contributed by atoms with van der Waals surface area (Å²) < 4.78 is 32.0. The average molecular weight is 590 g/mol. The van der Waals surface area contributed by atoms with Crippen LogP contribution in [0, 0.1) is 0 Å². The summed E-state index contributed by atoms with van der Waals surface area (Å²) in [5.41, 5.74) is 7.01. The third-order valence-electron chi connectivity index (χ3n) is 6.59. The number of carbonyl (C=O) groups excluding carboxylic acids is 1. The van der Waals surface area contributed by atoms with E-state index in [1.54, 1.807) is 30.3 Å². The van der Waals surface area contributed by atoms with Crippen LogP contribution in [0.2, 0.25) is 0 Å². The quantitative estimate of drug-likeness (QED) is 0.133. The largest absolute Gasteiger partial charge is 0.384 e. The van der Waals surface area contributed by atoms with Crippen molar-refractivity contribution < 1.29 is 17.4 Å². The second kappa shape index (κ2) is 15.3. The normalized spacial score (nSPS) is 12.0. The molecule has 1 heterocycles. The first-order valence-corrected chi connectivity index (χ1v) is 16.3. The number of nitrogens with zero attached hydrogens (tertiary/aromatic N) is 2. The summed E-state index contributed by atoms with van der Waals surface area (Å²) in [5.74, 6) is 0.114. The number of benzene rings is 2. The van der Waals surface area contributed by atoms with E-state index in [0.29, 0.717) is 35.7 Å². The Morgan fingerprint density at radius 3 is 2.35 bits per heavy atom. The van der Waals surface area contributed by atoms with Gasteiger partial charge in [0, 0.05) is 43.3 Å². The molecule has 0 saturated carbocycles. The zero-order valence-electron chi connectivity index (χ0n) is 24.0. The first-order chi connectivity index (χ1) is 19.1. The monoisotopic (exact) mass is 589 g/mol. The molecule has 0 aliphatic heterocycles. The molecule has 4 N–H and O–H groups in total. The number of anilines is 2. The maximum Gasteiger partial charge on any atom is 0.339 e. The minimum Gasteiger partial charge on any atom is -0.384 e. The van der Waals surface area contributed by atoms with Crippen LogP contribution in [0.5, 0.6) is 5.75 Å². The van der Waals surface area contributed by atoms with Crippen LogP contribution in [0.1, 0.15) is 66.2 Å². The number of unbranched alkanes of at least 4 members (excludes halogenated alkanes) is 4. The van der Waals surface area contributed by atoms with Crippen LogP contribution in [0.15, 0.2) is 47.4 Å². The Morgan fingerprint density at radius 1 is 1.00 bits per heavy atom. The lowest BCUT2D eigenvalue weighted by molar-refractivity contribution is -0.116. The molecular weight excluding hydrogens is 546 g/mol. The van der Waals surface area contributed by atoms with E-state index in [0.717, 1.165) is 55.6 Å². The third kappa shape index (κ3) is 9.72. The molecule has 9 nitrogen and oxygen atoms in total. The number of amides is 1. The molecule has 0 unspecified atom stereocenters. The molecule has 0 aliphatic carbocycles. The number of fused-ring (bicyclic) bond motifs is 1. The van der Waals surface area contributed by atoms with Gasteiger partial charge in [-0.2, -0.15) is 8.42 Å². The van der Waals surface area contributed by atoms with E-state index in [1.807, 2.05) is 0 Å². The maximum absolute atomic E-state index is 12.9. The lowest BCUT2D eigenvalue weighted by Crippen LogP contribution is -2.40. The van der Waals surface area contributed by atoms with Crippen LogP contribution in [-0.4, -0.2) is 55.9 Å². The molecule has 220 valence electrons. The second-order valence-corrected chi connectivity index (χ2v) is 13.0. The molecule has 11 heteroatoms. The third-order valence-corrected chi connectivity index (χ3v) is 8.78. The molecule has 1 aromatic heterocycles. The van der Waals surface area contributed by atoms with E-state index in [2.05, 4.69) is 48.2 Å². The molecule has 3 rings (SSSR count). The van der Waals surface area contributed by atoms with Crippen molar-refractivity contribution in [1.29, 1.82) is 0 Å². The summed E-state index contributed by atoms with van der Waals surface area (Å²) in [7, 11) is -4.01. The van der Waals surface area contributed by atoms with Crippen molar-refractivity contribution in [1.82, 2.24) is 9.88 Å². The molecule has 3 aromatic rings. The van der Waals surface area contributed by atoms with Gasteiger partial charge in [0.05, 0.1) is 10.2 Å². The molecule has 40 heavy (non-hydrogen) atoms. The highest BCUT2D eigenvalue weighted by atomic mass is 32.2. The summed E-state index contributed by atoms with van der Waals surface area (Å²) in [4.78, 5) is 19.2. The van der Waals surface area contributed by atoms with Gasteiger partial charge in [-0.15, -0.1) is 0 Å². The number of aromatic nitrogens is 1. The fraction of sp³-hybridized carbons (Fsp3) is 0.517. The van der Waals surface area contributed by atoms with E-state index in [4.69, 9.17) is 9.92 Å². The highest BCUT2D eigenvalue weighted by Gasteiger charge is 2.18. The SMILES string of the molecule is CC(C)N(CCNc1ccc(S(=O)(=O)Oc2ccc3nc(NC(=O)CCCCCCCN)sc3c2)cc1)C(C)C. The number of thiazole rings is 1. The van der Waals surface area contributed by atoms with E-state index in [-0.39, 0.29) is 16.6 Å². The number of nitrogens with one attached hydrogen (secondary N) is 2. The van der Waals surface area contributed by atoms with E-state index >= 15 is 0 Å². The van der Waals surface area contributed by atoms with Gasteiger partial charge in [0.15, 0.2) is 5.13 Å². The molecule has 0 spiro atoms. The summed E-state index contributed by atoms with van der Waals surface area (Å²) >= 11 is 1.28. The lowest BCUT2D eigenvalue weighted by Gasteiger charge is -2.30. The van der Waals surface area contributed by atoms with E-state index in [9.17, 15) is 13.2 Å². The summed E-state index contributed by atoms with van der Waals surface area (Å²) in [6, 6.07) is 12.4. The second-order valence-electron chi connectivity index (χ2n) is 10.4. The van der Waals surface area contributed by atoms with Crippen LogP contribution in [-0.2, 0) is 14.9 Å². The summed E-state index contributed by atoms with van der Waals surface area (Å²) in [6.45, 7) is 11.1. The van der Waals surface area contributed by atoms with Crippen molar-refractivity contribution in [2.24, 2.45) is 5.73 Å². The molecule has 0 atom stereocenters. The molecule has 2 aromatic carbocycles. The summed E-state index contributed by atoms with van der Waals surface area (Å²) in [6.07, 6.45) is 5.45.